The quantitative estimate of drug-likeness (QED) is 0.794. The van der Waals surface area contributed by atoms with E-state index in [2.05, 4.69) is 27.8 Å². The standard InChI is InChI=1S/C21H27N3O2/c1-26-19-9-7-16(8-10-19)11-13-22-18-12-14-23-20(15-18)21(25)24-17-5-3-2-4-6-17/h7-10,12,14-15,17H,2-6,11,13H2,1H3,(H,22,23)(H,24,25). The number of carbonyl (C=O) groups is 1. The number of hydrogen-bond acceptors (Lipinski definition) is 4. The lowest BCUT2D eigenvalue weighted by Crippen LogP contribution is -2.36. The third kappa shape index (κ3) is 5.22. The molecule has 1 aliphatic rings. The molecule has 1 saturated carbocycles. The number of pyridine rings is 1. The van der Waals surface area contributed by atoms with Crippen LogP contribution < -0.4 is 15.4 Å². The molecule has 1 aromatic carbocycles. The minimum absolute atomic E-state index is 0.0734. The van der Waals surface area contributed by atoms with Crippen molar-refractivity contribution in [1.29, 1.82) is 0 Å². The Hall–Kier alpha value is -2.56. The number of methoxy groups -OCH3 is 1. The molecule has 1 amide bonds. The van der Waals surface area contributed by atoms with Crippen LogP contribution in [-0.2, 0) is 6.42 Å². The van der Waals surface area contributed by atoms with Crippen molar-refractivity contribution >= 4 is 11.6 Å². The van der Waals surface area contributed by atoms with Crippen LogP contribution in [-0.4, -0.2) is 30.6 Å². The van der Waals surface area contributed by atoms with Crippen molar-refractivity contribution in [3.8, 4) is 5.75 Å². The Balaban J connectivity index is 1.50. The summed E-state index contributed by atoms with van der Waals surface area (Å²) in [5, 5.41) is 6.48. The maximum absolute atomic E-state index is 12.4. The highest BCUT2D eigenvalue weighted by molar-refractivity contribution is 5.93. The van der Waals surface area contributed by atoms with Crippen molar-refractivity contribution in [2.45, 2.75) is 44.6 Å². The van der Waals surface area contributed by atoms with Crippen molar-refractivity contribution in [1.82, 2.24) is 10.3 Å². The number of carbonyl (C=O) groups excluding carboxylic acids is 1. The van der Waals surface area contributed by atoms with Gasteiger partial charge in [-0.15, -0.1) is 0 Å². The van der Waals surface area contributed by atoms with Crippen LogP contribution in [0.5, 0.6) is 5.75 Å². The first-order valence-electron chi connectivity index (χ1n) is 9.38. The predicted molar refractivity (Wildman–Crippen MR) is 104 cm³/mol. The predicted octanol–water partition coefficient (Wildman–Crippen LogP) is 3.81. The van der Waals surface area contributed by atoms with Gasteiger partial charge in [-0.25, -0.2) is 0 Å². The van der Waals surface area contributed by atoms with E-state index in [0.29, 0.717) is 11.7 Å². The Morgan fingerprint density at radius 1 is 1.15 bits per heavy atom. The van der Waals surface area contributed by atoms with Gasteiger partial charge in [-0.1, -0.05) is 31.4 Å². The van der Waals surface area contributed by atoms with E-state index in [1.807, 2.05) is 24.3 Å². The van der Waals surface area contributed by atoms with Crippen LogP contribution in [0, 0.1) is 0 Å². The summed E-state index contributed by atoms with van der Waals surface area (Å²) in [5.74, 6) is 0.792. The second-order valence-electron chi connectivity index (χ2n) is 6.76. The highest BCUT2D eigenvalue weighted by atomic mass is 16.5. The second-order valence-corrected chi connectivity index (χ2v) is 6.76. The molecular formula is C21H27N3O2. The Labute approximate surface area is 155 Å². The first kappa shape index (κ1) is 18.2. The molecule has 0 unspecified atom stereocenters. The normalized spacial score (nSPS) is 14.7. The third-order valence-electron chi connectivity index (χ3n) is 4.83. The summed E-state index contributed by atoms with van der Waals surface area (Å²) >= 11 is 0. The minimum atomic E-state index is -0.0734. The molecule has 0 bridgehead atoms. The lowest BCUT2D eigenvalue weighted by molar-refractivity contribution is 0.0922. The SMILES string of the molecule is COc1ccc(CCNc2ccnc(C(=O)NC3CCCCC3)c2)cc1. The van der Waals surface area contributed by atoms with E-state index >= 15 is 0 Å². The van der Waals surface area contributed by atoms with E-state index in [9.17, 15) is 4.79 Å². The maximum atomic E-state index is 12.4. The average Bonchev–Trinajstić information content (AvgIpc) is 2.69. The molecule has 1 fully saturated rings. The van der Waals surface area contributed by atoms with Crippen molar-refractivity contribution in [3.05, 3.63) is 53.9 Å². The van der Waals surface area contributed by atoms with Gasteiger partial charge in [0.15, 0.2) is 0 Å². The molecule has 0 spiro atoms. The number of aromatic nitrogens is 1. The van der Waals surface area contributed by atoms with Crippen LogP contribution in [0.15, 0.2) is 42.6 Å². The Morgan fingerprint density at radius 3 is 2.65 bits per heavy atom. The van der Waals surface area contributed by atoms with E-state index in [0.717, 1.165) is 37.2 Å². The lowest BCUT2D eigenvalue weighted by Gasteiger charge is -2.22. The van der Waals surface area contributed by atoms with Crippen LogP contribution in [0.3, 0.4) is 0 Å². The van der Waals surface area contributed by atoms with Gasteiger partial charge in [0.2, 0.25) is 0 Å². The maximum Gasteiger partial charge on any atom is 0.270 e. The van der Waals surface area contributed by atoms with Crippen LogP contribution >= 0.6 is 0 Å². The zero-order chi connectivity index (χ0) is 18.2. The summed E-state index contributed by atoms with van der Waals surface area (Å²) in [6.07, 6.45) is 8.41. The second kappa shape index (κ2) is 9.22. The molecule has 0 radical (unpaired) electrons. The van der Waals surface area contributed by atoms with E-state index in [1.165, 1.54) is 24.8 Å². The zero-order valence-corrected chi connectivity index (χ0v) is 15.3. The number of nitrogens with zero attached hydrogens (tertiary/aromatic N) is 1. The monoisotopic (exact) mass is 353 g/mol. The molecule has 3 rings (SSSR count). The Morgan fingerprint density at radius 2 is 1.92 bits per heavy atom. The molecule has 2 aromatic rings. The summed E-state index contributed by atoms with van der Waals surface area (Å²) in [6.45, 7) is 0.792. The first-order valence-corrected chi connectivity index (χ1v) is 9.38. The van der Waals surface area contributed by atoms with E-state index in [-0.39, 0.29) is 5.91 Å². The number of benzene rings is 1. The molecule has 1 aliphatic carbocycles. The van der Waals surface area contributed by atoms with Gasteiger partial charge in [-0.2, -0.15) is 0 Å². The molecule has 138 valence electrons. The first-order chi connectivity index (χ1) is 12.7. The number of amides is 1. The summed E-state index contributed by atoms with van der Waals surface area (Å²) in [5.41, 5.74) is 2.63. The van der Waals surface area contributed by atoms with Gasteiger partial charge in [0.05, 0.1) is 7.11 Å². The molecule has 2 N–H and O–H groups in total. The summed E-state index contributed by atoms with van der Waals surface area (Å²) in [6, 6.07) is 12.1. The van der Waals surface area contributed by atoms with Gasteiger partial charge < -0.3 is 15.4 Å². The van der Waals surface area contributed by atoms with Gasteiger partial charge >= 0.3 is 0 Å². The molecule has 5 nitrogen and oxygen atoms in total. The smallest absolute Gasteiger partial charge is 0.270 e. The van der Waals surface area contributed by atoms with Gasteiger partial charge in [0.25, 0.3) is 5.91 Å². The molecular weight excluding hydrogens is 326 g/mol. The van der Waals surface area contributed by atoms with Gasteiger partial charge in [0.1, 0.15) is 11.4 Å². The molecule has 0 saturated heterocycles. The molecule has 1 aromatic heterocycles. The van der Waals surface area contributed by atoms with Crippen molar-refractivity contribution < 1.29 is 9.53 Å². The molecule has 0 aliphatic heterocycles. The van der Waals surface area contributed by atoms with Crippen LogP contribution in [0.25, 0.3) is 0 Å². The number of rotatable bonds is 7. The van der Waals surface area contributed by atoms with Gasteiger partial charge in [-0.05, 0) is 49.1 Å². The van der Waals surface area contributed by atoms with Gasteiger partial charge in [-0.3, -0.25) is 9.78 Å². The number of nitrogens with one attached hydrogen (secondary N) is 2. The van der Waals surface area contributed by atoms with Crippen LogP contribution in [0.2, 0.25) is 0 Å². The fourth-order valence-electron chi connectivity index (χ4n) is 3.31. The van der Waals surface area contributed by atoms with E-state index in [1.54, 1.807) is 13.3 Å². The lowest BCUT2D eigenvalue weighted by atomic mass is 9.95. The fourth-order valence-corrected chi connectivity index (χ4v) is 3.31. The summed E-state index contributed by atoms with van der Waals surface area (Å²) in [7, 11) is 1.67. The zero-order valence-electron chi connectivity index (χ0n) is 15.3. The highest BCUT2D eigenvalue weighted by Crippen LogP contribution is 2.18. The Bertz CT molecular complexity index is 709. The Kier molecular flexibility index (Phi) is 6.47. The largest absolute Gasteiger partial charge is 0.497 e. The average molecular weight is 353 g/mol. The number of ether oxygens (including phenoxy) is 1. The summed E-state index contributed by atoms with van der Waals surface area (Å²) in [4.78, 5) is 16.6. The van der Waals surface area contributed by atoms with Gasteiger partial charge in [0, 0.05) is 24.5 Å². The molecule has 26 heavy (non-hydrogen) atoms. The van der Waals surface area contributed by atoms with E-state index in [4.69, 9.17) is 4.74 Å². The highest BCUT2D eigenvalue weighted by Gasteiger charge is 2.17. The third-order valence-corrected chi connectivity index (χ3v) is 4.83. The van der Waals surface area contributed by atoms with E-state index < -0.39 is 0 Å². The minimum Gasteiger partial charge on any atom is -0.497 e. The molecule has 5 heteroatoms. The van der Waals surface area contributed by atoms with Crippen LogP contribution in [0.4, 0.5) is 5.69 Å². The molecule has 1 heterocycles. The fraction of sp³-hybridized carbons (Fsp3) is 0.429. The topological polar surface area (TPSA) is 63.2 Å². The van der Waals surface area contributed by atoms with Crippen molar-refractivity contribution in [2.75, 3.05) is 19.0 Å². The number of hydrogen-bond donors (Lipinski definition) is 2. The molecule has 0 atom stereocenters. The van der Waals surface area contributed by atoms with Crippen molar-refractivity contribution in [2.24, 2.45) is 0 Å². The number of anilines is 1. The summed E-state index contributed by atoms with van der Waals surface area (Å²) < 4.78 is 5.17. The van der Waals surface area contributed by atoms with Crippen molar-refractivity contribution in [3.63, 3.8) is 0 Å². The van der Waals surface area contributed by atoms with Crippen LogP contribution in [0.1, 0.15) is 48.2 Å².